The number of imidazole rings is 1. The van der Waals surface area contributed by atoms with Gasteiger partial charge in [0.25, 0.3) is 5.91 Å². The number of carbonyl (C=O) groups excluding carboxylic acids is 1. The number of amides is 1. The molecule has 0 saturated heterocycles. The first-order valence-corrected chi connectivity index (χ1v) is 3.84. The van der Waals surface area contributed by atoms with Gasteiger partial charge in [0.1, 0.15) is 0 Å². The van der Waals surface area contributed by atoms with E-state index in [2.05, 4.69) is 20.3 Å². The van der Waals surface area contributed by atoms with Crippen molar-refractivity contribution in [3.8, 4) is 0 Å². The molecule has 0 saturated carbocycles. The molecule has 0 atom stereocenters. The highest BCUT2D eigenvalue weighted by molar-refractivity contribution is 5.93. The summed E-state index contributed by atoms with van der Waals surface area (Å²) in [4.78, 5) is 22.0. The van der Waals surface area contributed by atoms with Gasteiger partial charge in [0.15, 0.2) is 11.5 Å². The maximum Gasteiger partial charge on any atom is 0.286 e. The van der Waals surface area contributed by atoms with Crippen molar-refractivity contribution in [1.82, 2.24) is 20.3 Å². The van der Waals surface area contributed by atoms with E-state index in [9.17, 15) is 4.79 Å². The molecule has 66 valence electrons. The zero-order valence-corrected chi connectivity index (χ0v) is 7.03. The first-order valence-electron chi connectivity index (χ1n) is 3.84. The van der Waals surface area contributed by atoms with Crippen LogP contribution in [0.25, 0.3) is 11.2 Å². The molecule has 0 radical (unpaired) electrons. The topological polar surface area (TPSA) is 70.7 Å². The summed E-state index contributed by atoms with van der Waals surface area (Å²) in [6.45, 7) is 0. The molecule has 13 heavy (non-hydrogen) atoms. The third-order valence-corrected chi connectivity index (χ3v) is 1.70. The fourth-order valence-corrected chi connectivity index (χ4v) is 1.07. The number of pyridine rings is 1. The molecule has 5 heteroatoms. The van der Waals surface area contributed by atoms with Gasteiger partial charge in [-0.1, -0.05) is 0 Å². The smallest absolute Gasteiger partial charge is 0.286 e. The number of aromatic nitrogens is 3. The molecular weight excluding hydrogens is 168 g/mol. The van der Waals surface area contributed by atoms with Gasteiger partial charge in [-0.15, -0.1) is 0 Å². The normalized spacial score (nSPS) is 10.2. The van der Waals surface area contributed by atoms with Gasteiger partial charge >= 0.3 is 0 Å². The highest BCUT2D eigenvalue weighted by Gasteiger charge is 2.08. The van der Waals surface area contributed by atoms with E-state index in [-0.39, 0.29) is 11.7 Å². The fourth-order valence-electron chi connectivity index (χ4n) is 1.07. The Morgan fingerprint density at radius 2 is 2.46 bits per heavy atom. The van der Waals surface area contributed by atoms with E-state index in [1.807, 2.05) is 6.07 Å². The second-order valence-electron chi connectivity index (χ2n) is 2.54. The molecule has 2 rings (SSSR count). The Hall–Kier alpha value is -1.91. The van der Waals surface area contributed by atoms with Crippen LogP contribution in [0.2, 0.25) is 0 Å². The molecule has 0 aromatic carbocycles. The Balaban J connectivity index is 2.56. The van der Waals surface area contributed by atoms with Crippen LogP contribution < -0.4 is 5.32 Å². The fraction of sp³-hybridized carbons (Fsp3) is 0.125. The van der Waals surface area contributed by atoms with Crippen molar-refractivity contribution < 1.29 is 4.79 Å². The minimum atomic E-state index is -0.238. The standard InChI is InChI=1S/C8H8N4O/c1-9-8(13)7-11-5-3-2-4-10-6(5)12-7/h2-4H,1H3,(H,9,13)(H,10,11,12). The average Bonchev–Trinajstić information content (AvgIpc) is 2.59. The third-order valence-electron chi connectivity index (χ3n) is 1.70. The van der Waals surface area contributed by atoms with Gasteiger partial charge in [0.2, 0.25) is 0 Å². The Morgan fingerprint density at radius 1 is 1.62 bits per heavy atom. The van der Waals surface area contributed by atoms with Crippen LogP contribution in [0, 0.1) is 0 Å². The van der Waals surface area contributed by atoms with E-state index in [0.717, 1.165) is 5.52 Å². The summed E-state index contributed by atoms with van der Waals surface area (Å²) < 4.78 is 0. The molecule has 0 spiro atoms. The summed E-state index contributed by atoms with van der Waals surface area (Å²) >= 11 is 0. The van der Waals surface area contributed by atoms with Crippen molar-refractivity contribution in [1.29, 1.82) is 0 Å². The largest absolute Gasteiger partial charge is 0.352 e. The molecule has 2 N–H and O–H groups in total. The average molecular weight is 176 g/mol. The van der Waals surface area contributed by atoms with Crippen LogP contribution in [-0.2, 0) is 0 Å². The van der Waals surface area contributed by atoms with E-state index in [1.165, 1.54) is 0 Å². The summed E-state index contributed by atoms with van der Waals surface area (Å²) in [5, 5.41) is 2.48. The molecule has 2 aromatic rings. The first-order chi connectivity index (χ1) is 6.31. The molecule has 0 bridgehead atoms. The van der Waals surface area contributed by atoms with Crippen LogP contribution >= 0.6 is 0 Å². The van der Waals surface area contributed by atoms with Gasteiger partial charge in [-0.3, -0.25) is 4.79 Å². The summed E-state index contributed by atoms with van der Waals surface area (Å²) in [5.74, 6) is 0.0502. The van der Waals surface area contributed by atoms with Gasteiger partial charge in [-0.05, 0) is 12.1 Å². The Bertz CT molecular complexity index is 415. The van der Waals surface area contributed by atoms with E-state index in [4.69, 9.17) is 0 Å². The van der Waals surface area contributed by atoms with Crippen LogP contribution in [0.4, 0.5) is 0 Å². The molecular formula is C8H8N4O. The van der Waals surface area contributed by atoms with E-state index in [0.29, 0.717) is 5.65 Å². The van der Waals surface area contributed by atoms with Gasteiger partial charge in [-0.25, -0.2) is 9.97 Å². The minimum absolute atomic E-state index is 0.238. The predicted molar refractivity (Wildman–Crippen MR) is 47.3 cm³/mol. The van der Waals surface area contributed by atoms with Crippen molar-refractivity contribution in [2.45, 2.75) is 0 Å². The number of rotatable bonds is 1. The zero-order chi connectivity index (χ0) is 9.26. The Kier molecular flexibility index (Phi) is 1.70. The van der Waals surface area contributed by atoms with Crippen molar-refractivity contribution >= 4 is 17.1 Å². The monoisotopic (exact) mass is 176 g/mol. The van der Waals surface area contributed by atoms with Crippen LogP contribution in [0.5, 0.6) is 0 Å². The number of fused-ring (bicyclic) bond motifs is 1. The van der Waals surface area contributed by atoms with Crippen LogP contribution in [-0.4, -0.2) is 27.9 Å². The lowest BCUT2D eigenvalue weighted by Gasteiger charge is -1.90. The molecule has 1 amide bonds. The molecule has 2 aromatic heterocycles. The number of H-pyrrole nitrogens is 1. The zero-order valence-electron chi connectivity index (χ0n) is 7.03. The number of aromatic amines is 1. The summed E-state index contributed by atoms with van der Waals surface area (Å²) in [5.41, 5.74) is 1.32. The number of hydrogen-bond donors (Lipinski definition) is 2. The van der Waals surface area contributed by atoms with Crippen LogP contribution in [0.1, 0.15) is 10.6 Å². The van der Waals surface area contributed by atoms with Gasteiger partial charge in [0, 0.05) is 13.2 Å². The SMILES string of the molecule is CNC(=O)c1nc2ncccc2[nH]1. The van der Waals surface area contributed by atoms with Gasteiger partial charge < -0.3 is 10.3 Å². The second-order valence-corrected chi connectivity index (χ2v) is 2.54. The molecule has 0 aliphatic heterocycles. The van der Waals surface area contributed by atoms with Crippen LogP contribution in [0.15, 0.2) is 18.3 Å². The van der Waals surface area contributed by atoms with Gasteiger partial charge in [-0.2, -0.15) is 0 Å². The predicted octanol–water partition coefficient (Wildman–Crippen LogP) is 0.318. The maximum atomic E-state index is 11.2. The lowest BCUT2D eigenvalue weighted by atomic mass is 10.4. The van der Waals surface area contributed by atoms with Crippen molar-refractivity contribution in [2.24, 2.45) is 0 Å². The number of nitrogens with zero attached hydrogens (tertiary/aromatic N) is 2. The van der Waals surface area contributed by atoms with Crippen molar-refractivity contribution in [3.63, 3.8) is 0 Å². The van der Waals surface area contributed by atoms with Crippen molar-refractivity contribution in [3.05, 3.63) is 24.2 Å². The van der Waals surface area contributed by atoms with Crippen molar-refractivity contribution in [2.75, 3.05) is 7.05 Å². The first kappa shape index (κ1) is 7.72. The highest BCUT2D eigenvalue weighted by Crippen LogP contribution is 2.06. The van der Waals surface area contributed by atoms with E-state index < -0.39 is 0 Å². The molecule has 0 unspecified atom stereocenters. The summed E-state index contributed by atoms with van der Waals surface area (Å²) in [6, 6.07) is 3.61. The second kappa shape index (κ2) is 2.85. The third kappa shape index (κ3) is 1.24. The minimum Gasteiger partial charge on any atom is -0.352 e. The number of hydrogen-bond acceptors (Lipinski definition) is 3. The maximum absolute atomic E-state index is 11.2. The molecule has 2 heterocycles. The molecule has 0 aliphatic rings. The van der Waals surface area contributed by atoms with E-state index >= 15 is 0 Å². The summed E-state index contributed by atoms with van der Waals surface area (Å²) in [6.07, 6.45) is 1.64. The quantitative estimate of drug-likeness (QED) is 0.657. The summed E-state index contributed by atoms with van der Waals surface area (Å²) in [7, 11) is 1.56. The molecule has 5 nitrogen and oxygen atoms in total. The van der Waals surface area contributed by atoms with Crippen LogP contribution in [0.3, 0.4) is 0 Å². The van der Waals surface area contributed by atoms with E-state index in [1.54, 1.807) is 19.3 Å². The number of carbonyl (C=O) groups is 1. The Labute approximate surface area is 74.2 Å². The molecule has 0 fully saturated rings. The Morgan fingerprint density at radius 3 is 3.15 bits per heavy atom. The number of nitrogens with one attached hydrogen (secondary N) is 2. The lowest BCUT2D eigenvalue weighted by molar-refractivity contribution is 0.0954. The highest BCUT2D eigenvalue weighted by atomic mass is 16.2. The molecule has 0 aliphatic carbocycles. The lowest BCUT2D eigenvalue weighted by Crippen LogP contribution is -2.19. The van der Waals surface area contributed by atoms with Gasteiger partial charge in [0.05, 0.1) is 5.52 Å².